The molecule has 1 unspecified atom stereocenters. The summed E-state index contributed by atoms with van der Waals surface area (Å²) in [7, 11) is 0. The largest absolute Gasteiger partial charge is 0.325 e. The molecule has 1 atom stereocenters. The van der Waals surface area contributed by atoms with E-state index in [0.29, 0.717) is 0 Å². The first-order valence-corrected chi connectivity index (χ1v) is 6.45. The van der Waals surface area contributed by atoms with E-state index in [-0.39, 0.29) is 5.54 Å². The Morgan fingerprint density at radius 3 is 2.21 bits per heavy atom. The summed E-state index contributed by atoms with van der Waals surface area (Å²) < 4.78 is 0. The van der Waals surface area contributed by atoms with Crippen molar-refractivity contribution in [1.29, 1.82) is 0 Å². The van der Waals surface area contributed by atoms with Crippen LogP contribution in [0.5, 0.6) is 0 Å². The fourth-order valence-corrected chi connectivity index (χ4v) is 2.23. The molecule has 0 aromatic carbocycles. The fourth-order valence-electron chi connectivity index (χ4n) is 2.23. The predicted octanol–water partition coefficient (Wildman–Crippen LogP) is 3.86. The molecule has 1 saturated carbocycles. The van der Waals surface area contributed by atoms with Crippen LogP contribution in [-0.2, 0) is 0 Å². The highest BCUT2D eigenvalue weighted by Gasteiger charge is 2.37. The van der Waals surface area contributed by atoms with Gasteiger partial charge in [-0.3, -0.25) is 0 Å². The van der Waals surface area contributed by atoms with Crippen molar-refractivity contribution in [2.24, 2.45) is 11.7 Å². The van der Waals surface area contributed by atoms with E-state index in [0.717, 1.165) is 5.92 Å². The zero-order valence-electron chi connectivity index (χ0n) is 10.0. The van der Waals surface area contributed by atoms with Crippen LogP contribution in [0.3, 0.4) is 0 Å². The molecule has 0 aromatic heterocycles. The lowest BCUT2D eigenvalue weighted by molar-refractivity contribution is 0.360. The Balaban J connectivity index is 1.92. The van der Waals surface area contributed by atoms with Crippen molar-refractivity contribution in [1.82, 2.24) is 0 Å². The summed E-state index contributed by atoms with van der Waals surface area (Å²) in [5.74, 6) is 0.846. The number of rotatable bonds is 8. The van der Waals surface area contributed by atoms with Crippen molar-refractivity contribution < 1.29 is 0 Å². The first-order valence-electron chi connectivity index (χ1n) is 6.45. The minimum atomic E-state index is 0.157. The maximum atomic E-state index is 6.26. The number of nitrogens with two attached hydrogens (primary N) is 1. The van der Waals surface area contributed by atoms with E-state index in [1.165, 1.54) is 57.8 Å². The third kappa shape index (κ3) is 4.45. The van der Waals surface area contributed by atoms with Gasteiger partial charge in [0.1, 0.15) is 0 Å². The molecule has 0 bridgehead atoms. The standard InChI is InChI=1S/C13H27N/c1-3-4-5-6-7-8-11-13(2,14)12-9-10-12/h12H,3-11,14H2,1-2H3. The van der Waals surface area contributed by atoms with Crippen molar-refractivity contribution in [2.45, 2.75) is 77.2 Å². The molecule has 0 aromatic rings. The van der Waals surface area contributed by atoms with Gasteiger partial charge in [0.15, 0.2) is 0 Å². The molecule has 1 nitrogen and oxygen atoms in total. The third-order valence-corrected chi connectivity index (χ3v) is 3.58. The lowest BCUT2D eigenvalue weighted by atomic mass is 9.90. The summed E-state index contributed by atoms with van der Waals surface area (Å²) in [6, 6.07) is 0. The Morgan fingerprint density at radius 2 is 1.64 bits per heavy atom. The molecular formula is C13H27N. The van der Waals surface area contributed by atoms with E-state index in [4.69, 9.17) is 5.73 Å². The highest BCUT2D eigenvalue weighted by molar-refractivity contribution is 4.94. The smallest absolute Gasteiger partial charge is 0.0154 e. The second-order valence-electron chi connectivity index (χ2n) is 5.30. The monoisotopic (exact) mass is 197 g/mol. The second kappa shape index (κ2) is 5.75. The van der Waals surface area contributed by atoms with Crippen LogP contribution in [-0.4, -0.2) is 5.54 Å². The molecule has 2 N–H and O–H groups in total. The van der Waals surface area contributed by atoms with Crippen molar-refractivity contribution in [3.63, 3.8) is 0 Å². The van der Waals surface area contributed by atoms with E-state index in [1.807, 2.05) is 0 Å². The van der Waals surface area contributed by atoms with Gasteiger partial charge in [-0.25, -0.2) is 0 Å². The van der Waals surface area contributed by atoms with E-state index in [1.54, 1.807) is 0 Å². The van der Waals surface area contributed by atoms with Crippen LogP contribution in [0.4, 0.5) is 0 Å². The van der Waals surface area contributed by atoms with Crippen molar-refractivity contribution in [2.75, 3.05) is 0 Å². The maximum Gasteiger partial charge on any atom is 0.0154 e. The Bertz CT molecular complexity index is 147. The molecule has 1 heteroatoms. The Labute approximate surface area is 89.5 Å². The van der Waals surface area contributed by atoms with Crippen LogP contribution < -0.4 is 5.73 Å². The first-order chi connectivity index (χ1) is 6.67. The molecular weight excluding hydrogens is 170 g/mol. The molecule has 0 saturated heterocycles. The van der Waals surface area contributed by atoms with Gasteiger partial charge in [0, 0.05) is 5.54 Å². The van der Waals surface area contributed by atoms with Gasteiger partial charge in [0.05, 0.1) is 0 Å². The van der Waals surface area contributed by atoms with Crippen LogP contribution in [0, 0.1) is 5.92 Å². The summed E-state index contributed by atoms with van der Waals surface area (Å²) in [5.41, 5.74) is 6.42. The normalized spacial score (nSPS) is 20.8. The van der Waals surface area contributed by atoms with Crippen molar-refractivity contribution in [3.05, 3.63) is 0 Å². The van der Waals surface area contributed by atoms with Crippen molar-refractivity contribution >= 4 is 0 Å². The van der Waals surface area contributed by atoms with Gasteiger partial charge < -0.3 is 5.73 Å². The molecule has 1 rings (SSSR count). The van der Waals surface area contributed by atoms with Gasteiger partial charge in [-0.1, -0.05) is 45.4 Å². The Hall–Kier alpha value is -0.0400. The summed E-state index contributed by atoms with van der Waals surface area (Å²) >= 11 is 0. The Kier molecular flexibility index (Phi) is 4.94. The minimum absolute atomic E-state index is 0.157. The molecule has 0 spiro atoms. The van der Waals surface area contributed by atoms with Gasteiger partial charge in [0.25, 0.3) is 0 Å². The molecule has 1 fully saturated rings. The zero-order valence-corrected chi connectivity index (χ0v) is 10.0. The zero-order chi connectivity index (χ0) is 10.4. The molecule has 1 aliphatic carbocycles. The SMILES string of the molecule is CCCCCCCCC(C)(N)C1CC1. The average Bonchev–Trinajstić information content (AvgIpc) is 2.94. The molecule has 14 heavy (non-hydrogen) atoms. The molecule has 0 heterocycles. The average molecular weight is 197 g/mol. The topological polar surface area (TPSA) is 26.0 Å². The van der Waals surface area contributed by atoms with Crippen LogP contribution in [0.1, 0.15) is 71.6 Å². The lowest BCUT2D eigenvalue weighted by Crippen LogP contribution is -2.38. The van der Waals surface area contributed by atoms with Crippen LogP contribution in [0.25, 0.3) is 0 Å². The number of hydrogen-bond acceptors (Lipinski definition) is 1. The third-order valence-electron chi connectivity index (χ3n) is 3.58. The first kappa shape index (κ1) is 12.0. The van der Waals surface area contributed by atoms with Crippen LogP contribution >= 0.6 is 0 Å². The lowest BCUT2D eigenvalue weighted by Gasteiger charge is -2.24. The second-order valence-corrected chi connectivity index (χ2v) is 5.30. The van der Waals surface area contributed by atoms with E-state index < -0.39 is 0 Å². The summed E-state index contributed by atoms with van der Waals surface area (Å²) in [5, 5.41) is 0. The van der Waals surface area contributed by atoms with E-state index >= 15 is 0 Å². The van der Waals surface area contributed by atoms with Crippen molar-refractivity contribution in [3.8, 4) is 0 Å². The van der Waals surface area contributed by atoms with E-state index in [2.05, 4.69) is 13.8 Å². The highest BCUT2D eigenvalue weighted by Crippen LogP contribution is 2.40. The Morgan fingerprint density at radius 1 is 1.07 bits per heavy atom. The van der Waals surface area contributed by atoms with Crippen LogP contribution in [0.15, 0.2) is 0 Å². The predicted molar refractivity (Wildman–Crippen MR) is 63.3 cm³/mol. The van der Waals surface area contributed by atoms with Gasteiger partial charge in [-0.05, 0) is 32.1 Å². The highest BCUT2D eigenvalue weighted by atomic mass is 14.8. The molecule has 0 aliphatic heterocycles. The number of unbranched alkanes of at least 4 members (excludes halogenated alkanes) is 5. The maximum absolute atomic E-state index is 6.26. The van der Waals surface area contributed by atoms with Crippen LogP contribution in [0.2, 0.25) is 0 Å². The molecule has 0 radical (unpaired) electrons. The van der Waals surface area contributed by atoms with Gasteiger partial charge >= 0.3 is 0 Å². The summed E-state index contributed by atoms with van der Waals surface area (Å²) in [6.07, 6.45) is 12.3. The molecule has 0 amide bonds. The molecule has 1 aliphatic rings. The number of hydrogen-bond donors (Lipinski definition) is 1. The quantitative estimate of drug-likeness (QED) is 0.587. The van der Waals surface area contributed by atoms with Gasteiger partial charge in [0.2, 0.25) is 0 Å². The molecule has 84 valence electrons. The summed E-state index contributed by atoms with van der Waals surface area (Å²) in [6.45, 7) is 4.51. The van der Waals surface area contributed by atoms with Gasteiger partial charge in [-0.2, -0.15) is 0 Å². The van der Waals surface area contributed by atoms with Gasteiger partial charge in [-0.15, -0.1) is 0 Å². The minimum Gasteiger partial charge on any atom is -0.325 e. The van der Waals surface area contributed by atoms with E-state index in [9.17, 15) is 0 Å². The fraction of sp³-hybridized carbons (Fsp3) is 1.00. The summed E-state index contributed by atoms with van der Waals surface area (Å²) in [4.78, 5) is 0.